The zero-order valence-corrected chi connectivity index (χ0v) is 11.7. The topological polar surface area (TPSA) is 104 Å². The minimum atomic E-state index is -0.687. The maximum Gasteiger partial charge on any atom is 0.310 e. The van der Waals surface area contributed by atoms with Crippen LogP contribution in [0.2, 0.25) is 0 Å². The molecule has 1 fully saturated rings. The van der Waals surface area contributed by atoms with Crippen molar-refractivity contribution < 1.29 is 14.8 Å². The predicted molar refractivity (Wildman–Crippen MR) is 77.3 cm³/mol. The fourth-order valence-corrected chi connectivity index (χ4v) is 2.48. The van der Waals surface area contributed by atoms with E-state index in [1.165, 1.54) is 12.5 Å². The molecule has 1 atom stereocenters. The number of hydrogen-bond donors (Lipinski definition) is 3. The highest BCUT2D eigenvalue weighted by Crippen LogP contribution is 2.26. The molecule has 0 aliphatic carbocycles. The van der Waals surface area contributed by atoms with Crippen LogP contribution in [0, 0.1) is 16.0 Å². The van der Waals surface area contributed by atoms with Crippen LogP contribution in [0.1, 0.15) is 29.6 Å². The summed E-state index contributed by atoms with van der Waals surface area (Å²) in [5, 5.41) is 26.2. The van der Waals surface area contributed by atoms with E-state index in [1.807, 2.05) is 0 Å². The second-order valence-corrected chi connectivity index (χ2v) is 5.22. The van der Waals surface area contributed by atoms with Crippen molar-refractivity contribution in [2.45, 2.75) is 19.3 Å². The van der Waals surface area contributed by atoms with Crippen molar-refractivity contribution >= 4 is 11.6 Å². The van der Waals surface area contributed by atoms with Crippen LogP contribution in [0.3, 0.4) is 0 Å². The van der Waals surface area contributed by atoms with Crippen molar-refractivity contribution in [2.24, 2.45) is 5.92 Å². The number of rotatable bonds is 5. The molecule has 0 spiro atoms. The largest absolute Gasteiger partial charge is 0.502 e. The molecule has 1 aliphatic heterocycles. The van der Waals surface area contributed by atoms with Gasteiger partial charge in [0.25, 0.3) is 5.91 Å². The third-order valence-corrected chi connectivity index (χ3v) is 3.67. The fraction of sp³-hybridized carbons (Fsp3) is 0.500. The van der Waals surface area contributed by atoms with Gasteiger partial charge in [-0.3, -0.25) is 14.9 Å². The summed E-state index contributed by atoms with van der Waals surface area (Å²) in [4.78, 5) is 21.8. The lowest BCUT2D eigenvalue weighted by Crippen LogP contribution is -2.33. The van der Waals surface area contributed by atoms with Gasteiger partial charge in [-0.2, -0.15) is 0 Å². The van der Waals surface area contributed by atoms with Gasteiger partial charge in [-0.1, -0.05) is 0 Å². The Morgan fingerprint density at radius 2 is 2.33 bits per heavy atom. The third kappa shape index (κ3) is 4.16. The summed E-state index contributed by atoms with van der Waals surface area (Å²) >= 11 is 0. The predicted octanol–water partition coefficient (Wildman–Crippen LogP) is 1.42. The number of phenolic OH excluding ortho intramolecular Hbond substituents is 1. The van der Waals surface area contributed by atoms with Gasteiger partial charge in [-0.05, 0) is 50.4 Å². The van der Waals surface area contributed by atoms with Crippen molar-refractivity contribution in [3.05, 3.63) is 33.9 Å². The van der Waals surface area contributed by atoms with E-state index in [-0.39, 0.29) is 11.5 Å². The molecule has 0 bridgehead atoms. The fourth-order valence-electron chi connectivity index (χ4n) is 2.48. The summed E-state index contributed by atoms with van der Waals surface area (Å²) in [7, 11) is 0. The van der Waals surface area contributed by atoms with Crippen molar-refractivity contribution in [1.82, 2.24) is 10.6 Å². The Hall–Kier alpha value is -2.15. The minimum absolute atomic E-state index is 0.222. The summed E-state index contributed by atoms with van der Waals surface area (Å²) in [6.07, 6.45) is 3.23. The minimum Gasteiger partial charge on any atom is -0.502 e. The van der Waals surface area contributed by atoms with Gasteiger partial charge in [0.15, 0.2) is 5.75 Å². The van der Waals surface area contributed by atoms with Gasteiger partial charge in [0.1, 0.15) is 0 Å². The van der Waals surface area contributed by atoms with Gasteiger partial charge in [0, 0.05) is 18.2 Å². The number of carbonyl (C=O) groups is 1. The second-order valence-electron chi connectivity index (χ2n) is 5.22. The number of nitro benzene ring substituents is 1. The molecule has 1 amide bonds. The van der Waals surface area contributed by atoms with Gasteiger partial charge in [-0.25, -0.2) is 0 Å². The van der Waals surface area contributed by atoms with Gasteiger partial charge < -0.3 is 15.7 Å². The molecule has 3 N–H and O–H groups in total. The Balaban J connectivity index is 1.85. The number of benzene rings is 1. The van der Waals surface area contributed by atoms with Crippen LogP contribution in [0.4, 0.5) is 5.69 Å². The number of nitrogens with zero attached hydrogens (tertiary/aromatic N) is 1. The average Bonchev–Trinajstić information content (AvgIpc) is 2.47. The van der Waals surface area contributed by atoms with E-state index < -0.39 is 16.4 Å². The van der Waals surface area contributed by atoms with Crippen molar-refractivity contribution in [1.29, 1.82) is 0 Å². The first-order chi connectivity index (χ1) is 10.1. The van der Waals surface area contributed by atoms with E-state index in [0.717, 1.165) is 38.1 Å². The molecule has 0 radical (unpaired) electrons. The molecule has 1 aliphatic rings. The highest BCUT2D eigenvalue weighted by Gasteiger charge is 2.17. The molecule has 21 heavy (non-hydrogen) atoms. The number of nitrogens with one attached hydrogen (secondary N) is 2. The molecule has 0 aromatic heterocycles. The zero-order valence-electron chi connectivity index (χ0n) is 11.7. The SMILES string of the molecule is O=C(NCCC1CCCNC1)c1ccc([N+](=O)[O-])c(O)c1. The molecular weight excluding hydrogens is 274 g/mol. The first-order valence-corrected chi connectivity index (χ1v) is 7.04. The lowest BCUT2D eigenvalue weighted by molar-refractivity contribution is -0.385. The molecule has 1 aromatic carbocycles. The molecule has 1 aromatic rings. The molecule has 7 nitrogen and oxygen atoms in total. The highest BCUT2D eigenvalue weighted by atomic mass is 16.6. The van der Waals surface area contributed by atoms with Crippen molar-refractivity contribution in [3.8, 4) is 5.75 Å². The number of hydrogen-bond acceptors (Lipinski definition) is 5. The summed E-state index contributed by atoms with van der Waals surface area (Å²) < 4.78 is 0. The summed E-state index contributed by atoms with van der Waals surface area (Å²) in [6, 6.07) is 3.60. The molecular formula is C14H19N3O4. The van der Waals surface area contributed by atoms with Crippen molar-refractivity contribution in [3.63, 3.8) is 0 Å². The van der Waals surface area contributed by atoms with Gasteiger partial charge in [-0.15, -0.1) is 0 Å². The van der Waals surface area contributed by atoms with Crippen molar-refractivity contribution in [2.75, 3.05) is 19.6 Å². The Bertz CT molecular complexity index is 527. The number of amides is 1. The van der Waals surface area contributed by atoms with E-state index in [1.54, 1.807) is 0 Å². The third-order valence-electron chi connectivity index (χ3n) is 3.67. The average molecular weight is 293 g/mol. The van der Waals surface area contributed by atoms with E-state index in [9.17, 15) is 20.0 Å². The lowest BCUT2D eigenvalue weighted by Gasteiger charge is -2.22. The number of nitro groups is 1. The van der Waals surface area contributed by atoms with Crippen LogP contribution in [0.15, 0.2) is 18.2 Å². The molecule has 2 rings (SSSR count). The van der Waals surface area contributed by atoms with E-state index >= 15 is 0 Å². The summed E-state index contributed by atoms with van der Waals surface area (Å²) in [5.74, 6) is -0.252. The van der Waals surface area contributed by atoms with Gasteiger partial charge in [0.05, 0.1) is 4.92 Å². The lowest BCUT2D eigenvalue weighted by atomic mass is 9.96. The number of carbonyl (C=O) groups excluding carboxylic acids is 1. The first-order valence-electron chi connectivity index (χ1n) is 7.04. The molecule has 114 valence electrons. The van der Waals surface area contributed by atoms with Crippen LogP contribution in [0.5, 0.6) is 5.75 Å². The molecule has 1 saturated heterocycles. The molecule has 1 unspecified atom stereocenters. The quantitative estimate of drug-likeness (QED) is 0.562. The maximum atomic E-state index is 11.9. The van der Waals surface area contributed by atoms with Crippen LogP contribution in [-0.4, -0.2) is 35.6 Å². The van der Waals surface area contributed by atoms with Crippen LogP contribution in [0.25, 0.3) is 0 Å². The van der Waals surface area contributed by atoms with Crippen LogP contribution >= 0.6 is 0 Å². The highest BCUT2D eigenvalue weighted by molar-refractivity contribution is 5.95. The van der Waals surface area contributed by atoms with E-state index in [0.29, 0.717) is 12.5 Å². The summed E-state index contributed by atoms with van der Waals surface area (Å²) in [6.45, 7) is 2.60. The van der Waals surface area contributed by atoms with E-state index in [4.69, 9.17) is 0 Å². The standard InChI is InChI=1S/C14H19N3O4/c18-13-8-11(3-4-12(13)17(20)21)14(19)16-7-5-10-2-1-6-15-9-10/h3-4,8,10,15,18H,1-2,5-7,9H2,(H,16,19). The summed E-state index contributed by atoms with van der Waals surface area (Å²) in [5.41, 5.74) is -0.181. The van der Waals surface area contributed by atoms with Gasteiger partial charge >= 0.3 is 5.69 Å². The maximum absolute atomic E-state index is 11.9. The Labute approximate surface area is 122 Å². The number of piperidine rings is 1. The normalized spacial score (nSPS) is 18.2. The second kappa shape index (κ2) is 7.03. The number of phenols is 1. The van der Waals surface area contributed by atoms with Crippen LogP contribution < -0.4 is 10.6 Å². The monoisotopic (exact) mass is 293 g/mol. The number of aromatic hydroxyl groups is 1. The zero-order chi connectivity index (χ0) is 15.2. The Morgan fingerprint density at radius 1 is 1.52 bits per heavy atom. The Kier molecular flexibility index (Phi) is 5.10. The van der Waals surface area contributed by atoms with E-state index in [2.05, 4.69) is 10.6 Å². The first kappa shape index (κ1) is 15.2. The molecule has 1 heterocycles. The smallest absolute Gasteiger partial charge is 0.310 e. The van der Waals surface area contributed by atoms with Crippen LogP contribution in [-0.2, 0) is 0 Å². The molecule has 0 saturated carbocycles. The van der Waals surface area contributed by atoms with Gasteiger partial charge in [0.2, 0.25) is 0 Å². The molecule has 7 heteroatoms. The Morgan fingerprint density at radius 3 is 2.95 bits per heavy atom.